The van der Waals surface area contributed by atoms with Crippen LogP contribution in [-0.4, -0.2) is 30.6 Å². The molecule has 4 rings (SSSR count). The summed E-state index contributed by atoms with van der Waals surface area (Å²) in [7, 11) is 4.53. The lowest BCUT2D eigenvalue weighted by atomic mass is 9.51. The van der Waals surface area contributed by atoms with Crippen LogP contribution in [0.2, 0.25) is 0 Å². The average Bonchev–Trinajstić information content (AvgIpc) is 2.12. The highest BCUT2D eigenvalue weighted by Crippen LogP contribution is 2.56. The summed E-state index contributed by atoms with van der Waals surface area (Å²) in [5, 5.41) is 0. The maximum Gasteiger partial charge on any atom is 0.0212 e. The minimum atomic E-state index is 0.527. The van der Waals surface area contributed by atoms with Gasteiger partial charge in [-0.1, -0.05) is 0 Å². The molecule has 0 aromatic carbocycles. The van der Waals surface area contributed by atoms with Crippen molar-refractivity contribution in [3.63, 3.8) is 0 Å². The molecule has 80 valence electrons. The normalized spacial score (nSPS) is 55.7. The maximum absolute atomic E-state index is 6.31. The molecule has 14 heavy (non-hydrogen) atoms. The minimum Gasteiger partial charge on any atom is -0.327 e. The zero-order chi connectivity index (χ0) is 9.92. The van der Waals surface area contributed by atoms with Crippen LogP contribution < -0.4 is 5.73 Å². The first-order valence-electron chi connectivity index (χ1n) is 6.04. The molecular weight excluding hydrogens is 172 g/mol. The Kier molecular flexibility index (Phi) is 1.79. The quantitative estimate of drug-likeness (QED) is 0.684. The molecule has 0 aromatic heterocycles. The van der Waals surface area contributed by atoms with E-state index in [1.165, 1.54) is 32.1 Å². The van der Waals surface area contributed by atoms with Gasteiger partial charge in [-0.2, -0.15) is 0 Å². The molecule has 2 N–H and O–H groups in total. The Balaban J connectivity index is 1.92. The highest BCUT2D eigenvalue weighted by atomic mass is 15.2. The van der Waals surface area contributed by atoms with E-state index in [2.05, 4.69) is 19.0 Å². The molecular formula is C12H22N2. The van der Waals surface area contributed by atoms with Gasteiger partial charge in [-0.25, -0.2) is 0 Å². The number of nitrogens with zero attached hydrogens (tertiary/aromatic N) is 1. The zero-order valence-corrected chi connectivity index (χ0v) is 9.37. The monoisotopic (exact) mass is 194 g/mol. The van der Waals surface area contributed by atoms with Gasteiger partial charge in [0.25, 0.3) is 0 Å². The van der Waals surface area contributed by atoms with Crippen molar-refractivity contribution in [3.05, 3.63) is 0 Å². The fraction of sp³-hybridized carbons (Fsp3) is 1.00. The van der Waals surface area contributed by atoms with Gasteiger partial charge < -0.3 is 10.6 Å². The second kappa shape index (κ2) is 2.73. The number of nitrogens with two attached hydrogens (primary N) is 1. The molecule has 0 aromatic rings. The number of hydrogen-bond donors (Lipinski definition) is 1. The van der Waals surface area contributed by atoms with Gasteiger partial charge in [0.05, 0.1) is 0 Å². The van der Waals surface area contributed by atoms with Crippen LogP contribution in [0.4, 0.5) is 0 Å². The highest BCUT2D eigenvalue weighted by Gasteiger charge is 2.55. The molecule has 0 saturated heterocycles. The molecule has 4 bridgehead atoms. The Bertz CT molecular complexity index is 233. The van der Waals surface area contributed by atoms with Gasteiger partial charge >= 0.3 is 0 Å². The molecule has 2 atom stereocenters. The molecule has 4 fully saturated rings. The fourth-order valence-electron chi connectivity index (χ4n) is 4.57. The second-order valence-corrected chi connectivity index (χ2v) is 6.17. The molecule has 0 amide bonds. The van der Waals surface area contributed by atoms with Crippen molar-refractivity contribution in [1.82, 2.24) is 4.90 Å². The van der Waals surface area contributed by atoms with Crippen LogP contribution in [0, 0.1) is 17.8 Å². The minimum absolute atomic E-state index is 0.527. The largest absolute Gasteiger partial charge is 0.327 e. The third-order valence-electron chi connectivity index (χ3n) is 5.26. The molecule has 2 heteroatoms. The zero-order valence-electron chi connectivity index (χ0n) is 9.37. The lowest BCUT2D eigenvalue weighted by molar-refractivity contribution is -0.0814. The molecule has 2 nitrogen and oxygen atoms in total. The van der Waals surface area contributed by atoms with Gasteiger partial charge in [0, 0.05) is 11.6 Å². The molecule has 4 saturated carbocycles. The van der Waals surface area contributed by atoms with E-state index in [4.69, 9.17) is 5.73 Å². The van der Waals surface area contributed by atoms with Crippen LogP contribution in [0.15, 0.2) is 0 Å². The van der Waals surface area contributed by atoms with E-state index < -0.39 is 0 Å². The van der Waals surface area contributed by atoms with E-state index >= 15 is 0 Å². The van der Waals surface area contributed by atoms with Gasteiger partial charge in [0.15, 0.2) is 0 Å². The lowest BCUT2D eigenvalue weighted by Crippen LogP contribution is -2.64. The Morgan fingerprint density at radius 2 is 1.64 bits per heavy atom. The van der Waals surface area contributed by atoms with Crippen molar-refractivity contribution < 1.29 is 0 Å². The summed E-state index contributed by atoms with van der Waals surface area (Å²) >= 11 is 0. The average molecular weight is 194 g/mol. The van der Waals surface area contributed by atoms with Crippen LogP contribution in [0.1, 0.15) is 32.1 Å². The standard InChI is InChI=1S/C12H22N2/c1-14(2)12-5-8-3-9(6-12)11(13)10(4-8)7-12/h8-11H,3-7,13H2,1-2H3. The van der Waals surface area contributed by atoms with E-state index in [0.717, 1.165) is 17.8 Å². The summed E-state index contributed by atoms with van der Waals surface area (Å²) in [6, 6.07) is 0.527. The van der Waals surface area contributed by atoms with Crippen LogP contribution >= 0.6 is 0 Å². The summed E-state index contributed by atoms with van der Waals surface area (Å²) in [5.74, 6) is 2.67. The molecule has 4 aliphatic rings. The van der Waals surface area contributed by atoms with Crippen LogP contribution in [-0.2, 0) is 0 Å². The lowest BCUT2D eigenvalue weighted by Gasteiger charge is -2.61. The van der Waals surface area contributed by atoms with E-state index in [1.54, 1.807) is 0 Å². The van der Waals surface area contributed by atoms with E-state index in [1.807, 2.05) is 0 Å². The Labute approximate surface area is 86.8 Å². The molecule has 4 aliphatic carbocycles. The van der Waals surface area contributed by atoms with Crippen molar-refractivity contribution in [2.24, 2.45) is 23.5 Å². The maximum atomic E-state index is 6.31. The van der Waals surface area contributed by atoms with Crippen molar-refractivity contribution in [2.45, 2.75) is 43.7 Å². The van der Waals surface area contributed by atoms with Gasteiger partial charge in [-0.05, 0) is 64.0 Å². The van der Waals surface area contributed by atoms with Crippen LogP contribution in [0.25, 0.3) is 0 Å². The molecule has 0 heterocycles. The summed E-state index contributed by atoms with van der Waals surface area (Å²) in [6.45, 7) is 0. The van der Waals surface area contributed by atoms with Gasteiger partial charge in [0.2, 0.25) is 0 Å². The van der Waals surface area contributed by atoms with Gasteiger partial charge in [-0.3, -0.25) is 0 Å². The summed E-state index contributed by atoms with van der Waals surface area (Å²) in [4.78, 5) is 2.49. The third-order valence-corrected chi connectivity index (χ3v) is 5.26. The van der Waals surface area contributed by atoms with Crippen LogP contribution in [0.3, 0.4) is 0 Å². The Hall–Kier alpha value is -0.0800. The Morgan fingerprint density at radius 3 is 2.14 bits per heavy atom. The van der Waals surface area contributed by atoms with Crippen molar-refractivity contribution in [1.29, 1.82) is 0 Å². The number of rotatable bonds is 1. The van der Waals surface area contributed by atoms with E-state index in [9.17, 15) is 0 Å². The molecule has 0 radical (unpaired) electrons. The first-order chi connectivity index (χ1) is 6.61. The first-order valence-corrected chi connectivity index (χ1v) is 6.04. The fourth-order valence-corrected chi connectivity index (χ4v) is 4.57. The Morgan fingerprint density at radius 1 is 1.07 bits per heavy atom. The highest BCUT2D eigenvalue weighted by molar-refractivity contribution is 5.10. The summed E-state index contributed by atoms with van der Waals surface area (Å²) in [6.07, 6.45) is 7.03. The van der Waals surface area contributed by atoms with Gasteiger partial charge in [-0.15, -0.1) is 0 Å². The predicted octanol–water partition coefficient (Wildman–Crippen LogP) is 1.45. The van der Waals surface area contributed by atoms with E-state index in [0.29, 0.717) is 11.6 Å². The third kappa shape index (κ3) is 1.04. The second-order valence-electron chi connectivity index (χ2n) is 6.17. The predicted molar refractivity (Wildman–Crippen MR) is 57.9 cm³/mol. The first kappa shape index (κ1) is 9.17. The molecule has 2 unspecified atom stereocenters. The van der Waals surface area contributed by atoms with Crippen molar-refractivity contribution in [3.8, 4) is 0 Å². The van der Waals surface area contributed by atoms with Crippen LogP contribution in [0.5, 0.6) is 0 Å². The number of hydrogen-bond acceptors (Lipinski definition) is 2. The topological polar surface area (TPSA) is 29.3 Å². The molecule has 0 aliphatic heterocycles. The summed E-state index contributed by atoms with van der Waals surface area (Å²) in [5.41, 5.74) is 6.84. The van der Waals surface area contributed by atoms with Crippen molar-refractivity contribution >= 4 is 0 Å². The molecule has 0 spiro atoms. The SMILES string of the molecule is CN(C)C12CC3CC(C1)C(N)C(C3)C2. The summed E-state index contributed by atoms with van der Waals surface area (Å²) < 4.78 is 0. The smallest absolute Gasteiger partial charge is 0.0212 e. The van der Waals surface area contributed by atoms with Crippen molar-refractivity contribution in [2.75, 3.05) is 14.1 Å². The van der Waals surface area contributed by atoms with E-state index in [-0.39, 0.29) is 0 Å². The van der Waals surface area contributed by atoms with Gasteiger partial charge in [0.1, 0.15) is 0 Å².